The van der Waals surface area contributed by atoms with Crippen molar-refractivity contribution >= 4 is 0 Å². The van der Waals surface area contributed by atoms with Crippen LogP contribution in [0.3, 0.4) is 0 Å². The fourth-order valence-corrected chi connectivity index (χ4v) is 1.75. The zero-order valence-corrected chi connectivity index (χ0v) is 7.97. The van der Waals surface area contributed by atoms with Crippen LogP contribution in [0.15, 0.2) is 0 Å². The fourth-order valence-electron chi connectivity index (χ4n) is 1.75. The van der Waals surface area contributed by atoms with Crippen molar-refractivity contribution < 1.29 is 13.9 Å². The molecular weight excluding hydrogens is 176 g/mol. The van der Waals surface area contributed by atoms with Crippen molar-refractivity contribution in [1.29, 1.82) is 0 Å². The third-order valence-corrected chi connectivity index (χ3v) is 2.66. The van der Waals surface area contributed by atoms with Gasteiger partial charge in [0.1, 0.15) is 6.61 Å². The molecule has 0 unspecified atom stereocenters. The van der Waals surface area contributed by atoms with Crippen molar-refractivity contribution in [3.63, 3.8) is 0 Å². The SMILES string of the molecule is CN1CCC(CC(F)(F)CO)CC1. The number of aliphatic hydroxyl groups excluding tert-OH is 1. The first-order valence-corrected chi connectivity index (χ1v) is 4.71. The molecule has 0 atom stereocenters. The van der Waals surface area contributed by atoms with Gasteiger partial charge in [-0.05, 0) is 38.9 Å². The molecule has 1 rings (SSSR count). The van der Waals surface area contributed by atoms with Gasteiger partial charge in [-0.15, -0.1) is 0 Å². The van der Waals surface area contributed by atoms with Gasteiger partial charge in [0.25, 0.3) is 5.92 Å². The van der Waals surface area contributed by atoms with Crippen molar-refractivity contribution in [3.05, 3.63) is 0 Å². The Labute approximate surface area is 77.5 Å². The summed E-state index contributed by atoms with van der Waals surface area (Å²) in [5.74, 6) is -2.79. The Balaban J connectivity index is 2.30. The molecule has 0 aromatic heterocycles. The van der Waals surface area contributed by atoms with Gasteiger partial charge < -0.3 is 10.0 Å². The summed E-state index contributed by atoms with van der Waals surface area (Å²) in [7, 11) is 2.00. The van der Waals surface area contributed by atoms with Crippen molar-refractivity contribution in [2.24, 2.45) is 5.92 Å². The molecule has 1 heterocycles. The fraction of sp³-hybridized carbons (Fsp3) is 1.00. The van der Waals surface area contributed by atoms with Crippen molar-refractivity contribution in [2.45, 2.75) is 25.2 Å². The quantitative estimate of drug-likeness (QED) is 0.731. The van der Waals surface area contributed by atoms with Crippen LogP contribution in [-0.4, -0.2) is 42.7 Å². The van der Waals surface area contributed by atoms with Crippen LogP contribution in [0, 0.1) is 5.92 Å². The minimum Gasteiger partial charge on any atom is -0.390 e. The predicted octanol–water partition coefficient (Wildman–Crippen LogP) is 1.35. The minimum absolute atomic E-state index is 0.0818. The zero-order chi connectivity index (χ0) is 9.90. The molecule has 1 fully saturated rings. The summed E-state index contributed by atoms with van der Waals surface area (Å²) in [4.78, 5) is 2.15. The van der Waals surface area contributed by atoms with Gasteiger partial charge in [-0.25, -0.2) is 8.78 Å². The number of hydrogen-bond donors (Lipinski definition) is 1. The lowest BCUT2D eigenvalue weighted by Crippen LogP contribution is -2.34. The highest BCUT2D eigenvalue weighted by Gasteiger charge is 2.32. The van der Waals surface area contributed by atoms with Gasteiger partial charge in [0.15, 0.2) is 0 Å². The van der Waals surface area contributed by atoms with E-state index in [2.05, 4.69) is 4.90 Å². The van der Waals surface area contributed by atoms with Crippen LogP contribution in [-0.2, 0) is 0 Å². The molecule has 0 aliphatic carbocycles. The summed E-state index contributed by atoms with van der Waals surface area (Å²) in [5, 5.41) is 8.42. The molecule has 0 aromatic rings. The van der Waals surface area contributed by atoms with E-state index in [4.69, 9.17) is 5.11 Å². The minimum atomic E-state index is -2.87. The zero-order valence-electron chi connectivity index (χ0n) is 7.97. The number of nitrogens with zero attached hydrogens (tertiary/aromatic N) is 1. The van der Waals surface area contributed by atoms with Crippen LogP contribution in [0.1, 0.15) is 19.3 Å². The molecule has 0 saturated carbocycles. The van der Waals surface area contributed by atoms with Crippen LogP contribution in [0.4, 0.5) is 8.78 Å². The molecule has 1 saturated heterocycles. The van der Waals surface area contributed by atoms with Gasteiger partial charge in [-0.2, -0.15) is 0 Å². The largest absolute Gasteiger partial charge is 0.390 e. The molecule has 4 heteroatoms. The van der Waals surface area contributed by atoms with Gasteiger partial charge >= 0.3 is 0 Å². The molecule has 0 amide bonds. The molecule has 1 aliphatic heterocycles. The summed E-state index contributed by atoms with van der Waals surface area (Å²) >= 11 is 0. The lowest BCUT2D eigenvalue weighted by Gasteiger charge is -2.30. The maximum Gasteiger partial charge on any atom is 0.270 e. The van der Waals surface area contributed by atoms with E-state index in [1.54, 1.807) is 0 Å². The van der Waals surface area contributed by atoms with E-state index in [0.29, 0.717) is 0 Å². The highest BCUT2D eigenvalue weighted by atomic mass is 19.3. The van der Waals surface area contributed by atoms with Gasteiger partial charge in [0.2, 0.25) is 0 Å². The topological polar surface area (TPSA) is 23.5 Å². The summed E-state index contributed by atoms with van der Waals surface area (Å²) < 4.78 is 25.5. The average molecular weight is 193 g/mol. The maximum absolute atomic E-state index is 12.8. The van der Waals surface area contributed by atoms with E-state index in [1.807, 2.05) is 7.05 Å². The smallest absolute Gasteiger partial charge is 0.270 e. The molecule has 0 aromatic carbocycles. The van der Waals surface area contributed by atoms with E-state index < -0.39 is 12.5 Å². The molecule has 0 spiro atoms. The molecule has 1 aliphatic rings. The molecular formula is C9H17F2NO. The Kier molecular flexibility index (Phi) is 3.62. The lowest BCUT2D eigenvalue weighted by atomic mass is 9.91. The monoisotopic (exact) mass is 193 g/mol. The number of aliphatic hydroxyl groups is 1. The van der Waals surface area contributed by atoms with Gasteiger partial charge in [-0.3, -0.25) is 0 Å². The second-order valence-electron chi connectivity index (χ2n) is 3.96. The Hall–Kier alpha value is -0.220. The third-order valence-electron chi connectivity index (χ3n) is 2.66. The van der Waals surface area contributed by atoms with E-state index in [1.165, 1.54) is 0 Å². The van der Waals surface area contributed by atoms with Crippen LogP contribution in [0.2, 0.25) is 0 Å². The molecule has 0 radical (unpaired) electrons. The molecule has 1 N–H and O–H groups in total. The van der Waals surface area contributed by atoms with E-state index in [9.17, 15) is 8.78 Å². The van der Waals surface area contributed by atoms with E-state index in [-0.39, 0.29) is 12.3 Å². The molecule has 13 heavy (non-hydrogen) atoms. The van der Waals surface area contributed by atoms with Crippen LogP contribution < -0.4 is 0 Å². The number of piperidine rings is 1. The predicted molar refractivity (Wildman–Crippen MR) is 46.9 cm³/mol. The number of halogens is 2. The van der Waals surface area contributed by atoms with Crippen molar-refractivity contribution in [2.75, 3.05) is 26.7 Å². The van der Waals surface area contributed by atoms with Crippen LogP contribution in [0.25, 0.3) is 0 Å². The van der Waals surface area contributed by atoms with E-state index >= 15 is 0 Å². The second-order valence-corrected chi connectivity index (χ2v) is 3.96. The first kappa shape index (κ1) is 10.9. The van der Waals surface area contributed by atoms with Gasteiger partial charge in [-0.1, -0.05) is 0 Å². The summed E-state index contributed by atoms with van der Waals surface area (Å²) in [6.45, 7) is 0.775. The van der Waals surface area contributed by atoms with Crippen molar-refractivity contribution in [1.82, 2.24) is 4.90 Å². The number of likely N-dealkylation sites (tertiary alicyclic amines) is 1. The Bertz CT molecular complexity index is 156. The summed E-state index contributed by atoms with van der Waals surface area (Å²) in [6.07, 6.45) is 1.50. The maximum atomic E-state index is 12.8. The number of hydrogen-bond acceptors (Lipinski definition) is 2. The molecule has 2 nitrogen and oxygen atoms in total. The standard InChI is InChI=1S/C9H17F2NO/c1-12-4-2-8(3-5-12)6-9(10,11)7-13/h8,13H,2-7H2,1H3. The highest BCUT2D eigenvalue weighted by Crippen LogP contribution is 2.29. The Morgan fingerprint density at radius 1 is 1.38 bits per heavy atom. The highest BCUT2D eigenvalue weighted by molar-refractivity contribution is 4.76. The Morgan fingerprint density at radius 3 is 2.38 bits per heavy atom. The summed E-state index contributed by atoms with van der Waals surface area (Å²) in [6, 6.07) is 0. The molecule has 78 valence electrons. The van der Waals surface area contributed by atoms with Crippen molar-refractivity contribution in [3.8, 4) is 0 Å². The summed E-state index contributed by atoms with van der Waals surface area (Å²) in [5.41, 5.74) is 0. The first-order chi connectivity index (χ1) is 6.03. The van der Waals surface area contributed by atoms with Gasteiger partial charge in [0, 0.05) is 6.42 Å². The number of rotatable bonds is 3. The lowest BCUT2D eigenvalue weighted by molar-refractivity contribution is -0.0722. The van der Waals surface area contributed by atoms with Crippen LogP contribution in [0.5, 0.6) is 0 Å². The normalized spacial score (nSPS) is 22.2. The van der Waals surface area contributed by atoms with Crippen LogP contribution >= 0.6 is 0 Å². The average Bonchev–Trinajstić information content (AvgIpc) is 2.09. The Morgan fingerprint density at radius 2 is 1.92 bits per heavy atom. The molecule has 0 bridgehead atoms. The number of alkyl halides is 2. The first-order valence-electron chi connectivity index (χ1n) is 4.71. The van der Waals surface area contributed by atoms with Gasteiger partial charge in [0.05, 0.1) is 0 Å². The second kappa shape index (κ2) is 4.33. The third kappa shape index (κ3) is 3.56. The van der Waals surface area contributed by atoms with E-state index in [0.717, 1.165) is 25.9 Å².